The second-order valence-electron chi connectivity index (χ2n) is 11.1. The van der Waals surface area contributed by atoms with E-state index in [-0.39, 0.29) is 30.2 Å². The van der Waals surface area contributed by atoms with Crippen molar-refractivity contribution in [3.8, 4) is 6.07 Å². The van der Waals surface area contributed by atoms with Crippen LogP contribution in [0, 0.1) is 28.6 Å². The molecular weight excluding hydrogens is 474 g/mol. The number of carbonyl (C=O) groups is 4. The number of nitrogens with one attached hydrogen (secondary N) is 3. The third-order valence-corrected chi connectivity index (χ3v) is 6.50. The van der Waals surface area contributed by atoms with Gasteiger partial charge in [-0.05, 0) is 54.9 Å². The Hall–Kier alpha value is -3.45. The third kappa shape index (κ3) is 8.86. The second kappa shape index (κ2) is 13.2. The van der Waals surface area contributed by atoms with Gasteiger partial charge in [0, 0.05) is 37.0 Å². The lowest BCUT2D eigenvalue weighted by atomic mass is 9.84. The van der Waals surface area contributed by atoms with Gasteiger partial charge >= 0.3 is 0 Å². The largest absolute Gasteiger partial charge is 0.349 e. The molecule has 1 aliphatic heterocycles. The summed E-state index contributed by atoms with van der Waals surface area (Å²) in [5.74, 6) is -2.00. The molecule has 1 aromatic carbocycles. The van der Waals surface area contributed by atoms with E-state index in [0.29, 0.717) is 43.5 Å². The highest BCUT2D eigenvalue weighted by Gasteiger charge is 2.38. The number of carbonyl (C=O) groups excluding carboxylic acids is 4. The molecular formula is C27H39N5O5. The predicted molar refractivity (Wildman–Crippen MR) is 137 cm³/mol. The zero-order chi connectivity index (χ0) is 27.8. The molecule has 0 aliphatic carbocycles. The van der Waals surface area contributed by atoms with Crippen molar-refractivity contribution in [2.24, 2.45) is 17.3 Å². The minimum atomic E-state index is -0.795. The second-order valence-corrected chi connectivity index (χ2v) is 11.1. The minimum absolute atomic E-state index is 0.0951. The summed E-state index contributed by atoms with van der Waals surface area (Å²) in [6, 6.07) is 7.55. The Morgan fingerprint density at radius 2 is 1.70 bits per heavy atom. The van der Waals surface area contributed by atoms with Gasteiger partial charge in [-0.15, -0.1) is 0 Å². The van der Waals surface area contributed by atoms with Crippen LogP contribution in [-0.2, 0) is 14.4 Å². The van der Waals surface area contributed by atoms with Gasteiger partial charge in [-0.2, -0.15) is 5.26 Å². The monoisotopic (exact) mass is 513 g/mol. The van der Waals surface area contributed by atoms with Crippen LogP contribution in [0.3, 0.4) is 0 Å². The van der Waals surface area contributed by atoms with E-state index < -0.39 is 29.2 Å². The van der Waals surface area contributed by atoms with Crippen LogP contribution < -0.4 is 16.1 Å². The van der Waals surface area contributed by atoms with Crippen molar-refractivity contribution in [1.82, 2.24) is 21.0 Å². The van der Waals surface area contributed by atoms with E-state index in [4.69, 9.17) is 10.5 Å². The first-order valence-electron chi connectivity index (χ1n) is 12.7. The summed E-state index contributed by atoms with van der Waals surface area (Å²) >= 11 is 0. The van der Waals surface area contributed by atoms with Crippen molar-refractivity contribution in [3.63, 3.8) is 0 Å². The van der Waals surface area contributed by atoms with Crippen molar-refractivity contribution in [2.75, 3.05) is 13.1 Å². The number of hydroxylamine groups is 1. The molecule has 0 radical (unpaired) electrons. The predicted octanol–water partition coefficient (Wildman–Crippen LogP) is 2.37. The molecule has 1 aromatic rings. The highest BCUT2D eigenvalue weighted by Crippen LogP contribution is 2.25. The van der Waals surface area contributed by atoms with Crippen LogP contribution in [0.4, 0.5) is 0 Å². The molecule has 0 aromatic heterocycles. The summed E-state index contributed by atoms with van der Waals surface area (Å²) in [7, 11) is 0. The van der Waals surface area contributed by atoms with E-state index in [1.165, 1.54) is 0 Å². The van der Waals surface area contributed by atoms with Crippen molar-refractivity contribution >= 4 is 23.6 Å². The Morgan fingerprint density at radius 1 is 1.11 bits per heavy atom. The molecule has 202 valence electrons. The molecule has 2 atom stereocenters. The molecule has 0 unspecified atom stereocenters. The number of rotatable bonds is 9. The van der Waals surface area contributed by atoms with Gasteiger partial charge in [-0.1, -0.05) is 34.6 Å². The number of hydrogen-bond donors (Lipinski definition) is 4. The molecule has 4 amide bonds. The quantitative estimate of drug-likeness (QED) is 0.294. The van der Waals surface area contributed by atoms with E-state index in [0.717, 1.165) is 0 Å². The fraction of sp³-hybridized carbons (Fsp3) is 0.593. The van der Waals surface area contributed by atoms with E-state index in [1.54, 1.807) is 34.6 Å². The zero-order valence-corrected chi connectivity index (χ0v) is 22.3. The number of nitrogens with zero attached hydrogens (tertiary/aromatic N) is 2. The molecule has 10 heteroatoms. The van der Waals surface area contributed by atoms with Crippen LogP contribution in [0.2, 0.25) is 0 Å². The summed E-state index contributed by atoms with van der Waals surface area (Å²) in [4.78, 5) is 52.6. The topological polar surface area (TPSA) is 152 Å². The number of likely N-dealkylation sites (tertiary alicyclic amines) is 1. The molecule has 1 saturated heterocycles. The van der Waals surface area contributed by atoms with Gasteiger partial charge in [0.2, 0.25) is 17.7 Å². The third-order valence-electron chi connectivity index (χ3n) is 6.50. The molecule has 0 saturated carbocycles. The van der Waals surface area contributed by atoms with Gasteiger partial charge in [0.05, 0.1) is 11.6 Å². The SMILES string of the molecule is CC(C)C[C@H](CC(=O)NO)C(=O)N[C@H](C(=O)N1CCC(NC(=O)c2ccc(C#N)cc2)CC1)C(C)(C)C. The first-order chi connectivity index (χ1) is 17.3. The Kier molecular flexibility index (Phi) is 10.6. The molecule has 1 fully saturated rings. The number of nitriles is 1. The lowest BCUT2D eigenvalue weighted by molar-refractivity contribution is -0.142. The first kappa shape index (κ1) is 29.8. The average Bonchev–Trinajstić information content (AvgIpc) is 2.85. The van der Waals surface area contributed by atoms with Crippen LogP contribution in [0.5, 0.6) is 0 Å². The Bertz CT molecular complexity index is 1000. The van der Waals surface area contributed by atoms with Crippen molar-refractivity contribution in [1.29, 1.82) is 5.26 Å². The highest BCUT2D eigenvalue weighted by molar-refractivity contribution is 5.94. The van der Waals surface area contributed by atoms with E-state index in [1.807, 2.05) is 40.7 Å². The Labute approximate surface area is 218 Å². The summed E-state index contributed by atoms with van der Waals surface area (Å²) in [5, 5.41) is 23.7. The number of piperidine rings is 1. The fourth-order valence-electron chi connectivity index (χ4n) is 4.42. The molecule has 0 spiro atoms. The van der Waals surface area contributed by atoms with Crippen LogP contribution in [-0.4, -0.2) is 58.9 Å². The van der Waals surface area contributed by atoms with Crippen LogP contribution in [0.25, 0.3) is 0 Å². The van der Waals surface area contributed by atoms with Crippen LogP contribution in [0.1, 0.15) is 76.2 Å². The maximum atomic E-state index is 13.5. The lowest BCUT2D eigenvalue weighted by Crippen LogP contribution is -2.58. The lowest BCUT2D eigenvalue weighted by Gasteiger charge is -2.39. The average molecular weight is 514 g/mol. The Balaban J connectivity index is 2.01. The maximum absolute atomic E-state index is 13.5. The minimum Gasteiger partial charge on any atom is -0.349 e. The molecule has 1 aliphatic rings. The molecule has 0 bridgehead atoms. The Morgan fingerprint density at radius 3 is 2.19 bits per heavy atom. The summed E-state index contributed by atoms with van der Waals surface area (Å²) in [5.41, 5.74) is 1.96. The van der Waals surface area contributed by atoms with Gasteiger partial charge in [-0.25, -0.2) is 5.48 Å². The number of hydrogen-bond acceptors (Lipinski definition) is 6. The van der Waals surface area contributed by atoms with Gasteiger partial charge in [-0.3, -0.25) is 24.4 Å². The molecule has 1 heterocycles. The number of benzene rings is 1. The van der Waals surface area contributed by atoms with Crippen LogP contribution in [0.15, 0.2) is 24.3 Å². The van der Waals surface area contributed by atoms with Gasteiger partial charge in [0.15, 0.2) is 0 Å². The summed E-state index contributed by atoms with van der Waals surface area (Å²) in [6.45, 7) is 10.4. The van der Waals surface area contributed by atoms with Gasteiger partial charge in [0.25, 0.3) is 5.91 Å². The molecule has 4 N–H and O–H groups in total. The normalized spacial score (nSPS) is 15.9. The first-order valence-corrected chi connectivity index (χ1v) is 12.7. The van der Waals surface area contributed by atoms with E-state index in [2.05, 4.69) is 10.6 Å². The summed E-state index contributed by atoms with van der Waals surface area (Å²) < 4.78 is 0. The van der Waals surface area contributed by atoms with Crippen LogP contribution >= 0.6 is 0 Å². The number of amides is 4. The maximum Gasteiger partial charge on any atom is 0.251 e. The van der Waals surface area contributed by atoms with Crippen molar-refractivity contribution < 1.29 is 24.4 Å². The standard InChI is InChI=1S/C27H39N5O5/c1-17(2)14-20(15-22(33)31-37)25(35)30-23(27(3,4)5)26(36)32-12-10-21(11-13-32)29-24(34)19-8-6-18(16-28)7-9-19/h6-9,17,20-21,23,37H,10-15H2,1-5H3,(H,29,34)(H,30,35)(H,31,33)/t20-,23-/m1/s1. The summed E-state index contributed by atoms with van der Waals surface area (Å²) in [6.07, 6.45) is 1.42. The molecule has 2 rings (SSSR count). The van der Waals surface area contributed by atoms with Gasteiger partial charge < -0.3 is 15.5 Å². The zero-order valence-electron chi connectivity index (χ0n) is 22.3. The highest BCUT2D eigenvalue weighted by atomic mass is 16.5. The van der Waals surface area contributed by atoms with E-state index >= 15 is 0 Å². The molecule has 10 nitrogen and oxygen atoms in total. The van der Waals surface area contributed by atoms with Gasteiger partial charge in [0.1, 0.15) is 6.04 Å². The molecule has 37 heavy (non-hydrogen) atoms. The van der Waals surface area contributed by atoms with Crippen molar-refractivity contribution in [2.45, 2.75) is 72.4 Å². The van der Waals surface area contributed by atoms with Crippen molar-refractivity contribution in [3.05, 3.63) is 35.4 Å². The fourth-order valence-corrected chi connectivity index (χ4v) is 4.42. The smallest absolute Gasteiger partial charge is 0.251 e. The van der Waals surface area contributed by atoms with E-state index in [9.17, 15) is 19.2 Å².